The van der Waals surface area contributed by atoms with E-state index in [1.54, 1.807) is 0 Å². The van der Waals surface area contributed by atoms with Crippen molar-refractivity contribution in [3.05, 3.63) is 41.2 Å². The minimum atomic E-state index is -0.769. The van der Waals surface area contributed by atoms with E-state index in [1.165, 1.54) is 56.9 Å². The zero-order valence-corrected chi connectivity index (χ0v) is 75.4. The van der Waals surface area contributed by atoms with Crippen molar-refractivity contribution in [2.45, 2.75) is 164 Å². The fraction of sp³-hybridized carbons (Fsp3) is 0.835. The van der Waals surface area contributed by atoms with Crippen LogP contribution in [0.15, 0.2) is 29.8 Å². The number of benzene rings is 1. The summed E-state index contributed by atoms with van der Waals surface area (Å²) in [6.07, 6.45) is 18.3. The number of nitrogen functional groups attached to an aromatic ring is 1. The molecule has 0 unspecified atom stereocenters. The second-order valence-corrected chi connectivity index (χ2v) is 34.4. The number of rotatable bonds is 71. The maximum absolute atomic E-state index is 12.9. The predicted molar refractivity (Wildman–Crippen MR) is 465 cm³/mol. The molecule has 1 aliphatic heterocycles. The van der Waals surface area contributed by atoms with E-state index in [9.17, 15) is 24.6 Å². The lowest BCUT2D eigenvalue weighted by atomic mass is 9.47. The average Bonchev–Trinajstić information content (AvgIpc) is 1.34. The van der Waals surface area contributed by atoms with Crippen molar-refractivity contribution in [2.75, 3.05) is 283 Å². The highest BCUT2D eigenvalue weighted by molar-refractivity contribution is 6.06. The SMILES string of the molecule is CCOCc1nc2c(N)nc3cc(CCCN4CCN(C(=O)CCOCCOCCOCCOCCOCCOCCOCCOCCOCCOCCOCCOCCNC(=O)CCOCCOCCOCCOCCNC(=O)O[C@H]5CC[C@@]6(C)C(=CC[C@H]7[C@@H]8CC[C@H]([C@H](C)CCCC(C)C)[C@@]8(C)CC[C@@H]76)C5)CC4)ccc3c2n1CC(C)(CO)CO. The van der Waals surface area contributed by atoms with Crippen molar-refractivity contribution in [3.63, 3.8) is 0 Å². The summed E-state index contributed by atoms with van der Waals surface area (Å²) in [6, 6.07) is 6.27. The Hall–Kier alpha value is -4.95. The Bertz CT molecular complexity index is 3370. The molecule has 8 rings (SSSR count). The highest BCUT2D eigenvalue weighted by Gasteiger charge is 2.59. The van der Waals surface area contributed by atoms with Crippen LogP contribution in [0.1, 0.15) is 150 Å². The van der Waals surface area contributed by atoms with Crippen LogP contribution in [-0.2, 0) is 114 Å². The van der Waals surface area contributed by atoms with Crippen LogP contribution < -0.4 is 16.4 Å². The molecule has 1 saturated heterocycles. The molecule has 1 aromatic carbocycles. The monoisotopic (exact) mass is 1730 g/mol. The summed E-state index contributed by atoms with van der Waals surface area (Å²) in [6.45, 7) is 35.5. The molecular weight excluding hydrogens is 1570 g/mol. The number of hydrogen-bond donors (Lipinski definition) is 5. The number of allylic oxidation sites excluding steroid dienone is 1. The number of hydrogen-bond acceptors (Lipinski definition) is 27. The van der Waals surface area contributed by atoms with Crippen LogP contribution in [0, 0.1) is 51.8 Å². The predicted octanol–water partition coefficient (Wildman–Crippen LogP) is 9.07. The van der Waals surface area contributed by atoms with Gasteiger partial charge in [-0.05, 0) is 129 Å². The topological polar surface area (TPSA) is 345 Å². The Balaban J connectivity index is 0.465. The number of piperazine rings is 1. The molecule has 31 heteroatoms. The quantitative estimate of drug-likeness (QED) is 0.0260. The third kappa shape index (κ3) is 36.3. The second-order valence-electron chi connectivity index (χ2n) is 34.4. The van der Waals surface area contributed by atoms with Gasteiger partial charge in [0.2, 0.25) is 11.8 Å². The Labute approximate surface area is 727 Å². The number of aromatic nitrogens is 3. The molecular formula is C91H156N8O23. The number of carbonyl (C=O) groups is 3. The van der Waals surface area contributed by atoms with Crippen molar-refractivity contribution in [2.24, 2.45) is 51.8 Å². The van der Waals surface area contributed by atoms with Crippen molar-refractivity contribution in [3.8, 4) is 0 Å². The van der Waals surface area contributed by atoms with E-state index in [0.717, 1.165) is 109 Å². The van der Waals surface area contributed by atoms with Crippen molar-refractivity contribution in [1.29, 1.82) is 0 Å². The van der Waals surface area contributed by atoms with E-state index in [1.807, 2.05) is 23.3 Å². The second kappa shape index (κ2) is 59.2. The maximum atomic E-state index is 12.9. The molecule has 122 heavy (non-hydrogen) atoms. The number of nitrogens with one attached hydrogen (secondary N) is 2. The first kappa shape index (κ1) is 102. The summed E-state index contributed by atoms with van der Waals surface area (Å²) in [5.74, 6) is 5.88. The number of aryl methyl sites for hydroxylation is 1. The molecule has 4 fully saturated rings. The fourth-order valence-corrected chi connectivity index (χ4v) is 18.2. The summed E-state index contributed by atoms with van der Waals surface area (Å²) < 4.78 is 103. The summed E-state index contributed by atoms with van der Waals surface area (Å²) in [5.41, 5.74) is 11.3. The van der Waals surface area contributed by atoms with E-state index in [2.05, 4.69) is 74.4 Å². The Morgan fingerprint density at radius 2 is 1.07 bits per heavy atom. The van der Waals surface area contributed by atoms with Crippen LogP contribution in [0.5, 0.6) is 0 Å². The van der Waals surface area contributed by atoms with Crippen LogP contribution in [-0.4, -0.2) is 336 Å². The van der Waals surface area contributed by atoms with Crippen LogP contribution >= 0.6 is 0 Å². The molecule has 698 valence electrons. The zero-order chi connectivity index (χ0) is 86.7. The molecule has 3 amide bonds. The number of carbonyl (C=O) groups excluding carboxylic acids is 3. The number of alkyl carbamates (subject to hydrolysis) is 1. The van der Waals surface area contributed by atoms with Gasteiger partial charge in [0.15, 0.2) is 5.82 Å². The first-order valence-electron chi connectivity index (χ1n) is 46.0. The molecule has 4 aliphatic carbocycles. The lowest BCUT2D eigenvalue weighted by Crippen LogP contribution is -2.51. The smallest absolute Gasteiger partial charge is 0.407 e. The first-order valence-corrected chi connectivity index (χ1v) is 46.0. The number of anilines is 1. The number of aliphatic hydroxyl groups excluding tert-OH is 2. The third-order valence-corrected chi connectivity index (χ3v) is 25.0. The van der Waals surface area contributed by atoms with Crippen LogP contribution in [0.2, 0.25) is 0 Å². The van der Waals surface area contributed by atoms with Gasteiger partial charge in [-0.25, -0.2) is 14.8 Å². The number of pyridine rings is 1. The zero-order valence-electron chi connectivity index (χ0n) is 75.4. The molecule has 0 bridgehead atoms. The van der Waals surface area contributed by atoms with Gasteiger partial charge in [-0.15, -0.1) is 0 Å². The molecule has 31 nitrogen and oxygen atoms in total. The van der Waals surface area contributed by atoms with Crippen LogP contribution in [0.4, 0.5) is 10.6 Å². The van der Waals surface area contributed by atoms with Crippen molar-refractivity contribution >= 4 is 45.7 Å². The molecule has 0 spiro atoms. The number of nitrogens with zero attached hydrogens (tertiary/aromatic N) is 5. The van der Waals surface area contributed by atoms with Crippen LogP contribution in [0.3, 0.4) is 0 Å². The Morgan fingerprint density at radius 3 is 1.58 bits per heavy atom. The third-order valence-electron chi connectivity index (χ3n) is 25.0. The van der Waals surface area contributed by atoms with Gasteiger partial charge >= 0.3 is 6.09 Å². The summed E-state index contributed by atoms with van der Waals surface area (Å²) >= 11 is 0. The van der Waals surface area contributed by atoms with Gasteiger partial charge in [0.25, 0.3) is 0 Å². The van der Waals surface area contributed by atoms with E-state index >= 15 is 0 Å². The minimum Gasteiger partial charge on any atom is -0.446 e. The van der Waals surface area contributed by atoms with E-state index in [4.69, 9.17) is 101 Å². The molecule has 3 saturated carbocycles. The molecule has 5 aliphatic rings. The van der Waals surface area contributed by atoms with Gasteiger partial charge in [0.05, 0.1) is 242 Å². The number of amides is 3. The number of fused-ring (bicyclic) bond motifs is 8. The van der Waals surface area contributed by atoms with Gasteiger partial charge in [-0.3, -0.25) is 14.5 Å². The van der Waals surface area contributed by atoms with E-state index < -0.39 is 5.41 Å². The van der Waals surface area contributed by atoms with Gasteiger partial charge in [-0.1, -0.05) is 84.6 Å². The Morgan fingerprint density at radius 1 is 0.574 bits per heavy atom. The molecule has 3 heterocycles. The van der Waals surface area contributed by atoms with Gasteiger partial charge in [-0.2, -0.15) is 0 Å². The molecule has 8 atom stereocenters. The summed E-state index contributed by atoms with van der Waals surface area (Å²) in [5, 5.41) is 26.9. The Kier molecular flexibility index (Phi) is 49.7. The van der Waals surface area contributed by atoms with Crippen molar-refractivity contribution in [1.82, 2.24) is 35.0 Å². The van der Waals surface area contributed by atoms with Gasteiger partial charge in [0, 0.05) is 76.1 Å². The lowest BCUT2D eigenvalue weighted by molar-refractivity contribution is -0.134. The fourth-order valence-electron chi connectivity index (χ4n) is 18.2. The molecule has 0 radical (unpaired) electrons. The summed E-state index contributed by atoms with van der Waals surface area (Å²) in [7, 11) is 0. The number of nitrogens with two attached hydrogens (primary N) is 1. The summed E-state index contributed by atoms with van der Waals surface area (Å²) in [4.78, 5) is 51.8. The number of ether oxygens (including phenoxy) is 18. The molecule has 3 aromatic rings. The first-order chi connectivity index (χ1) is 59.5. The average molecular weight is 1730 g/mol. The number of aliphatic hydroxyl groups is 2. The van der Waals surface area contributed by atoms with E-state index in [0.29, 0.717) is 280 Å². The molecule has 2 aromatic heterocycles. The van der Waals surface area contributed by atoms with Gasteiger partial charge in [0.1, 0.15) is 24.1 Å². The highest BCUT2D eigenvalue weighted by atomic mass is 16.6. The van der Waals surface area contributed by atoms with Gasteiger partial charge < -0.3 is 121 Å². The van der Waals surface area contributed by atoms with E-state index in [-0.39, 0.29) is 55.7 Å². The highest BCUT2D eigenvalue weighted by Crippen LogP contribution is 2.67. The standard InChI is InChI=1S/C91H156N8O23/c1-8-105-67-82-96-85-86(99(82)68-89(5,69-100)70-101)77-16-14-73(65-81(77)95-87(85)92)13-10-28-97-29-31-98(32-30-97)84(103)23-34-107-38-42-111-46-49-114-51-53-116-55-57-118-59-61-120-63-64-121-62-60-119-58-56-117-54-52-115-50-48-112-43-39-108-35-26-93-83(102)22-33-106-37-41-110-45-47-113-44-40-109-36-27-94-88(104)122-75-20-24-90(6)74(66-75)15-17-76-79-19-18-78(72(4)12-9-11-71(2)3)91(79,7)25-21-80(76)90/h14-16,65,71-72,75-76,78-80,100-101H,8-13,17-64,66-70H2,1-7H3,(H2,92,95)(H,93,102)(H,94,104)/t72-,75+,76+,78-,79+,80+,90+,91-/m1/s1. The lowest BCUT2D eigenvalue weighted by Gasteiger charge is -2.58. The minimum absolute atomic E-state index is 0.0736. The largest absolute Gasteiger partial charge is 0.446 e. The van der Waals surface area contributed by atoms with Crippen molar-refractivity contribution < 1.29 is 110 Å². The normalized spacial score (nSPS) is 20.9. The molecule has 6 N–H and O–H groups in total. The van der Waals surface area contributed by atoms with Crippen LogP contribution in [0.25, 0.3) is 21.9 Å². The maximum Gasteiger partial charge on any atom is 0.407 e. The number of imidazole rings is 1.